The highest BCUT2D eigenvalue weighted by molar-refractivity contribution is 5.86. The van der Waals surface area contributed by atoms with Crippen LogP contribution in [0.2, 0.25) is 0 Å². The number of likely N-dealkylation sites (N-methyl/N-ethyl adjacent to an activating group) is 1. The topological polar surface area (TPSA) is 146 Å². The van der Waals surface area contributed by atoms with Crippen LogP contribution in [0.1, 0.15) is 12.5 Å². The maximum Gasteiger partial charge on any atom is 0.328 e. The number of carboxylic acids is 1. The Morgan fingerprint density at radius 1 is 1.08 bits per heavy atom. The first-order chi connectivity index (χ1) is 17.4. The number of nitrogens with one attached hydrogen (secondary N) is 2. The van der Waals surface area contributed by atoms with Crippen LogP contribution in [0.4, 0.5) is 0 Å². The van der Waals surface area contributed by atoms with Crippen molar-refractivity contribution in [2.24, 2.45) is 0 Å². The lowest BCUT2D eigenvalue weighted by Gasteiger charge is -2.17. The maximum atomic E-state index is 12.4. The number of ether oxygens (including phenoxy) is 2. The van der Waals surface area contributed by atoms with Gasteiger partial charge in [0.2, 0.25) is 5.65 Å². The number of aliphatic carboxylic acids is 1. The number of aromatic nitrogens is 5. The van der Waals surface area contributed by atoms with Crippen molar-refractivity contribution >= 4 is 23.2 Å². The van der Waals surface area contributed by atoms with Gasteiger partial charge in [0.25, 0.3) is 5.56 Å². The summed E-state index contributed by atoms with van der Waals surface area (Å²) >= 11 is 0. The molecule has 2 aromatic carbocycles. The molecule has 0 atom stereocenters. The number of fused-ring (bicyclic) bond motifs is 1. The van der Waals surface area contributed by atoms with Gasteiger partial charge in [0.05, 0.1) is 12.2 Å². The van der Waals surface area contributed by atoms with Gasteiger partial charge in [0.15, 0.2) is 5.52 Å². The number of benzene rings is 2. The second-order valence-corrected chi connectivity index (χ2v) is 8.13. The fraction of sp³-hybridized carbons (Fsp3) is 0.240. The van der Waals surface area contributed by atoms with E-state index in [1.807, 2.05) is 50.2 Å². The van der Waals surface area contributed by atoms with Crippen molar-refractivity contribution in [1.29, 1.82) is 0 Å². The van der Waals surface area contributed by atoms with Gasteiger partial charge in [-0.3, -0.25) is 4.79 Å². The van der Waals surface area contributed by atoms with Crippen molar-refractivity contribution < 1.29 is 19.4 Å². The summed E-state index contributed by atoms with van der Waals surface area (Å²) in [6.07, 6.45) is 2.61. The minimum atomic E-state index is -1.03. The molecule has 0 spiro atoms. The molecule has 0 aliphatic heterocycles. The van der Waals surface area contributed by atoms with E-state index >= 15 is 0 Å². The largest absolute Gasteiger partial charge is 0.493 e. The normalized spacial score (nSPS) is 11.4. The Labute approximate surface area is 206 Å². The molecule has 36 heavy (non-hydrogen) atoms. The first-order valence-corrected chi connectivity index (χ1v) is 11.3. The predicted octanol–water partition coefficient (Wildman–Crippen LogP) is 2.81. The van der Waals surface area contributed by atoms with Gasteiger partial charge in [-0.05, 0) is 62.5 Å². The van der Waals surface area contributed by atoms with Crippen molar-refractivity contribution in [3.05, 3.63) is 58.4 Å². The first-order valence-electron chi connectivity index (χ1n) is 11.3. The van der Waals surface area contributed by atoms with Crippen molar-refractivity contribution in [1.82, 2.24) is 30.3 Å². The summed E-state index contributed by atoms with van der Waals surface area (Å²) in [6, 6.07) is 11.0. The lowest BCUT2D eigenvalue weighted by Crippen LogP contribution is -2.19. The lowest BCUT2D eigenvalue weighted by molar-refractivity contribution is -0.131. The molecule has 2 aromatic heterocycles. The molecular weight excluding hydrogens is 464 g/mol. The van der Waals surface area contributed by atoms with Gasteiger partial charge < -0.3 is 24.5 Å². The van der Waals surface area contributed by atoms with E-state index in [1.165, 1.54) is 6.08 Å². The second-order valence-electron chi connectivity index (χ2n) is 8.13. The van der Waals surface area contributed by atoms with Gasteiger partial charge in [-0.2, -0.15) is 5.21 Å². The number of nitrogens with zero attached hydrogens (tertiary/aromatic N) is 4. The molecule has 11 heteroatoms. The minimum absolute atomic E-state index is 0.124. The summed E-state index contributed by atoms with van der Waals surface area (Å²) in [5.41, 5.74) is 2.76. The molecule has 0 aliphatic carbocycles. The number of carboxylic acid groups (broad SMARTS) is 1. The van der Waals surface area contributed by atoms with Crippen LogP contribution in [0, 0.1) is 0 Å². The average molecular weight is 491 g/mol. The van der Waals surface area contributed by atoms with Gasteiger partial charge in [-0.15, -0.1) is 10.2 Å². The number of carbonyl (C=O) groups is 1. The van der Waals surface area contributed by atoms with Crippen LogP contribution < -0.4 is 15.0 Å². The first kappa shape index (κ1) is 24.6. The summed E-state index contributed by atoms with van der Waals surface area (Å²) in [6.45, 7) is 3.46. The van der Waals surface area contributed by atoms with E-state index < -0.39 is 11.5 Å². The third-order valence-electron chi connectivity index (χ3n) is 5.26. The molecule has 11 nitrogen and oxygen atoms in total. The molecule has 4 aromatic rings. The number of hydrogen-bond donors (Lipinski definition) is 3. The molecule has 0 aliphatic rings. The van der Waals surface area contributed by atoms with E-state index in [0.717, 1.165) is 23.7 Å². The smallest absolute Gasteiger partial charge is 0.328 e. The Morgan fingerprint density at radius 3 is 2.67 bits per heavy atom. The monoisotopic (exact) mass is 490 g/mol. The van der Waals surface area contributed by atoms with Crippen molar-refractivity contribution in [2.45, 2.75) is 6.92 Å². The SMILES string of the molecule is CCOc1cc(-c2cc(/C=C/C(=O)O)ccc2OCCN(C)C)ccc1-c1nc2n[nH]nc2c(=O)[nH]1. The zero-order valence-corrected chi connectivity index (χ0v) is 20.1. The summed E-state index contributed by atoms with van der Waals surface area (Å²) in [5, 5.41) is 19.2. The third-order valence-corrected chi connectivity index (χ3v) is 5.26. The van der Waals surface area contributed by atoms with Crippen molar-refractivity contribution in [2.75, 3.05) is 33.9 Å². The number of H-pyrrole nitrogens is 2. The van der Waals surface area contributed by atoms with E-state index in [-0.39, 0.29) is 11.2 Å². The van der Waals surface area contributed by atoms with E-state index in [2.05, 4.69) is 25.4 Å². The Hall–Kier alpha value is -4.51. The zero-order valence-electron chi connectivity index (χ0n) is 20.1. The van der Waals surface area contributed by atoms with E-state index in [4.69, 9.17) is 14.6 Å². The Kier molecular flexibility index (Phi) is 7.40. The van der Waals surface area contributed by atoms with E-state index in [1.54, 1.807) is 12.1 Å². The number of hydrogen-bond acceptors (Lipinski definition) is 8. The molecule has 3 N–H and O–H groups in total. The molecular formula is C25H26N6O5. The quantitative estimate of drug-likeness (QED) is 0.286. The third kappa shape index (κ3) is 5.58. The average Bonchev–Trinajstić information content (AvgIpc) is 3.33. The van der Waals surface area contributed by atoms with Gasteiger partial charge in [0, 0.05) is 18.2 Å². The van der Waals surface area contributed by atoms with Crippen LogP contribution in [0.5, 0.6) is 11.5 Å². The van der Waals surface area contributed by atoms with Crippen LogP contribution in [0.3, 0.4) is 0 Å². The molecule has 0 fully saturated rings. The van der Waals surface area contributed by atoms with Crippen molar-refractivity contribution in [3.63, 3.8) is 0 Å². The fourth-order valence-corrected chi connectivity index (χ4v) is 3.55. The Bertz CT molecular complexity index is 1470. The second kappa shape index (κ2) is 10.8. The zero-order chi connectivity index (χ0) is 25.7. The molecule has 0 saturated carbocycles. The minimum Gasteiger partial charge on any atom is -0.493 e. The van der Waals surface area contributed by atoms with E-state index in [0.29, 0.717) is 41.7 Å². The van der Waals surface area contributed by atoms with E-state index in [9.17, 15) is 9.59 Å². The van der Waals surface area contributed by atoms with Crippen LogP contribution in [-0.4, -0.2) is 75.2 Å². The van der Waals surface area contributed by atoms with Crippen molar-refractivity contribution in [3.8, 4) is 34.0 Å². The summed E-state index contributed by atoms with van der Waals surface area (Å²) in [7, 11) is 3.93. The molecule has 0 bridgehead atoms. The van der Waals surface area contributed by atoms with Gasteiger partial charge in [-0.25, -0.2) is 9.78 Å². The maximum absolute atomic E-state index is 12.4. The molecule has 4 rings (SSSR count). The summed E-state index contributed by atoms with van der Waals surface area (Å²) in [4.78, 5) is 32.6. The van der Waals surface area contributed by atoms with Crippen LogP contribution in [0.15, 0.2) is 47.3 Å². The number of aromatic amines is 2. The van der Waals surface area contributed by atoms with Crippen LogP contribution in [-0.2, 0) is 4.79 Å². The Morgan fingerprint density at radius 2 is 1.92 bits per heavy atom. The summed E-state index contributed by atoms with van der Waals surface area (Å²) in [5.74, 6) is 0.426. The molecule has 0 radical (unpaired) electrons. The number of rotatable bonds is 10. The highest BCUT2D eigenvalue weighted by atomic mass is 16.5. The van der Waals surface area contributed by atoms with Gasteiger partial charge >= 0.3 is 5.97 Å². The molecule has 0 amide bonds. The summed E-state index contributed by atoms with van der Waals surface area (Å²) < 4.78 is 12.0. The van der Waals surface area contributed by atoms with Gasteiger partial charge in [0.1, 0.15) is 23.9 Å². The highest BCUT2D eigenvalue weighted by Gasteiger charge is 2.16. The fourth-order valence-electron chi connectivity index (χ4n) is 3.55. The molecule has 0 unspecified atom stereocenters. The Balaban J connectivity index is 1.79. The lowest BCUT2D eigenvalue weighted by atomic mass is 9.99. The van der Waals surface area contributed by atoms with Crippen LogP contribution in [0.25, 0.3) is 39.8 Å². The predicted molar refractivity (Wildman–Crippen MR) is 135 cm³/mol. The van der Waals surface area contributed by atoms with Crippen LogP contribution >= 0.6 is 0 Å². The standard InChI is InChI=1S/C25H26N6O5/c1-4-35-20-14-16(7-8-17(20)23-26-24-22(25(34)27-23)28-30-29-24)18-13-15(6-10-21(32)33)5-9-19(18)36-12-11-31(2)3/h5-10,13-14H,4,11-12H2,1-3H3,(H,32,33)(H2,26,27,28,29,30,34)/b10-6+. The van der Waals surface area contributed by atoms with Gasteiger partial charge in [-0.1, -0.05) is 12.1 Å². The molecule has 0 saturated heterocycles. The molecule has 2 heterocycles. The molecule has 186 valence electrons. The highest BCUT2D eigenvalue weighted by Crippen LogP contribution is 2.37.